The fraction of sp³-hybridized carbons (Fsp3) is 0.556. The van der Waals surface area contributed by atoms with Crippen LogP contribution in [0.5, 0.6) is 5.75 Å². The molecule has 3 rings (SSSR count). The van der Waals surface area contributed by atoms with Crippen molar-refractivity contribution in [3.05, 3.63) is 23.8 Å². The van der Waals surface area contributed by atoms with E-state index in [1.807, 2.05) is 0 Å². The maximum absolute atomic E-state index is 12.6. The van der Waals surface area contributed by atoms with Gasteiger partial charge in [-0.25, -0.2) is 0 Å². The highest BCUT2D eigenvalue weighted by Gasteiger charge is 2.34. The first kappa shape index (κ1) is 16.8. The number of hydrogen-bond donors (Lipinski definition) is 2. The van der Waals surface area contributed by atoms with Crippen LogP contribution in [0, 0.1) is 5.41 Å². The molecule has 1 aliphatic heterocycles. The minimum Gasteiger partial charge on any atom is -0.482 e. The van der Waals surface area contributed by atoms with Gasteiger partial charge in [0.1, 0.15) is 5.75 Å². The second-order valence-electron chi connectivity index (χ2n) is 6.65. The summed E-state index contributed by atoms with van der Waals surface area (Å²) in [6.45, 7) is 1.33. The first-order chi connectivity index (χ1) is 11.6. The van der Waals surface area contributed by atoms with Crippen molar-refractivity contribution in [1.82, 2.24) is 5.32 Å². The first-order valence-electron chi connectivity index (χ1n) is 8.46. The van der Waals surface area contributed by atoms with Gasteiger partial charge in [-0.3, -0.25) is 9.59 Å². The van der Waals surface area contributed by atoms with E-state index in [4.69, 9.17) is 9.47 Å². The molecular formula is C18H24N2O4. The van der Waals surface area contributed by atoms with Gasteiger partial charge in [-0.15, -0.1) is 0 Å². The Morgan fingerprint density at radius 2 is 2.17 bits per heavy atom. The van der Waals surface area contributed by atoms with Gasteiger partial charge in [0.2, 0.25) is 0 Å². The van der Waals surface area contributed by atoms with Crippen LogP contribution in [0.15, 0.2) is 18.2 Å². The van der Waals surface area contributed by atoms with E-state index in [0.717, 1.165) is 19.3 Å². The van der Waals surface area contributed by atoms with Crippen LogP contribution in [0.3, 0.4) is 0 Å². The average molecular weight is 332 g/mol. The summed E-state index contributed by atoms with van der Waals surface area (Å²) in [5, 5.41) is 5.79. The van der Waals surface area contributed by atoms with Crippen molar-refractivity contribution in [2.75, 3.05) is 32.2 Å². The fourth-order valence-corrected chi connectivity index (χ4v) is 3.61. The van der Waals surface area contributed by atoms with Gasteiger partial charge in [0.25, 0.3) is 11.8 Å². The Bertz CT molecular complexity index is 623. The van der Waals surface area contributed by atoms with Crippen LogP contribution in [0.25, 0.3) is 0 Å². The lowest BCUT2D eigenvalue weighted by atomic mass is 9.83. The van der Waals surface area contributed by atoms with Gasteiger partial charge in [0.15, 0.2) is 6.61 Å². The summed E-state index contributed by atoms with van der Waals surface area (Å²) >= 11 is 0. The molecular weight excluding hydrogens is 308 g/mol. The molecule has 1 heterocycles. The molecule has 2 amide bonds. The zero-order chi connectivity index (χ0) is 17.0. The maximum Gasteiger partial charge on any atom is 0.262 e. The molecule has 1 aliphatic carbocycles. The molecule has 2 aliphatic rings. The maximum atomic E-state index is 12.6. The van der Waals surface area contributed by atoms with Crippen LogP contribution in [0.1, 0.15) is 42.5 Å². The van der Waals surface area contributed by atoms with E-state index in [9.17, 15) is 9.59 Å². The highest BCUT2D eigenvalue weighted by Crippen LogP contribution is 2.40. The third-order valence-electron chi connectivity index (χ3n) is 5.02. The molecule has 0 saturated heterocycles. The minimum atomic E-state index is -0.241. The van der Waals surface area contributed by atoms with E-state index >= 15 is 0 Å². The van der Waals surface area contributed by atoms with E-state index in [1.54, 1.807) is 25.3 Å². The molecule has 1 saturated carbocycles. The highest BCUT2D eigenvalue weighted by atomic mass is 16.5. The molecule has 1 aromatic rings. The third-order valence-corrected chi connectivity index (χ3v) is 5.02. The molecule has 0 unspecified atom stereocenters. The number of para-hydroxylation sites is 1. The summed E-state index contributed by atoms with van der Waals surface area (Å²) in [7, 11) is 1.71. The lowest BCUT2D eigenvalue weighted by Gasteiger charge is -2.29. The summed E-state index contributed by atoms with van der Waals surface area (Å²) < 4.78 is 10.6. The molecule has 0 spiro atoms. The molecule has 0 aromatic heterocycles. The molecule has 2 N–H and O–H groups in total. The monoisotopic (exact) mass is 332 g/mol. The second-order valence-corrected chi connectivity index (χ2v) is 6.65. The van der Waals surface area contributed by atoms with Crippen LogP contribution in [0.2, 0.25) is 0 Å². The van der Waals surface area contributed by atoms with E-state index in [0.29, 0.717) is 30.2 Å². The molecule has 6 nitrogen and oxygen atoms in total. The van der Waals surface area contributed by atoms with Gasteiger partial charge in [-0.05, 0) is 36.8 Å². The predicted molar refractivity (Wildman–Crippen MR) is 90.3 cm³/mol. The number of benzene rings is 1. The zero-order valence-corrected chi connectivity index (χ0v) is 14.0. The van der Waals surface area contributed by atoms with Crippen molar-refractivity contribution in [3.63, 3.8) is 0 Å². The number of carbonyl (C=O) groups excluding carboxylic acids is 2. The lowest BCUT2D eigenvalue weighted by molar-refractivity contribution is -0.118. The van der Waals surface area contributed by atoms with E-state index in [2.05, 4.69) is 10.6 Å². The molecule has 130 valence electrons. The summed E-state index contributed by atoms with van der Waals surface area (Å²) in [5.41, 5.74) is 1.03. The quantitative estimate of drug-likeness (QED) is 0.838. The molecule has 6 heteroatoms. The Morgan fingerprint density at radius 1 is 1.38 bits per heavy atom. The van der Waals surface area contributed by atoms with Gasteiger partial charge in [-0.1, -0.05) is 18.9 Å². The van der Waals surface area contributed by atoms with E-state index < -0.39 is 0 Å². The summed E-state index contributed by atoms with van der Waals surface area (Å²) in [6.07, 6.45) is 5.58. The average Bonchev–Trinajstić information content (AvgIpc) is 3.06. The molecule has 0 bridgehead atoms. The number of methoxy groups -OCH3 is 1. The van der Waals surface area contributed by atoms with Gasteiger partial charge >= 0.3 is 0 Å². The smallest absolute Gasteiger partial charge is 0.262 e. The Hall–Kier alpha value is -2.08. The number of amides is 2. The third kappa shape index (κ3) is 3.53. The Balaban J connectivity index is 1.70. The molecule has 0 radical (unpaired) electrons. The summed E-state index contributed by atoms with van der Waals surface area (Å²) in [4.78, 5) is 24.2. The Kier molecular flexibility index (Phi) is 5.04. The van der Waals surface area contributed by atoms with Crippen LogP contribution < -0.4 is 15.4 Å². The van der Waals surface area contributed by atoms with E-state index in [1.165, 1.54) is 12.8 Å². The van der Waals surface area contributed by atoms with Crippen molar-refractivity contribution >= 4 is 17.5 Å². The van der Waals surface area contributed by atoms with Gasteiger partial charge in [0.05, 0.1) is 11.3 Å². The zero-order valence-electron chi connectivity index (χ0n) is 14.0. The molecule has 1 fully saturated rings. The Labute approximate surface area is 141 Å². The predicted octanol–water partition coefficient (Wildman–Crippen LogP) is 2.34. The van der Waals surface area contributed by atoms with Crippen LogP contribution in [0.4, 0.5) is 5.69 Å². The number of nitrogens with one attached hydrogen (secondary N) is 2. The lowest BCUT2D eigenvalue weighted by Crippen LogP contribution is -2.37. The molecule has 0 atom stereocenters. The number of ether oxygens (including phenoxy) is 2. The Morgan fingerprint density at radius 3 is 2.92 bits per heavy atom. The van der Waals surface area contributed by atoms with Crippen molar-refractivity contribution in [2.45, 2.75) is 32.1 Å². The van der Waals surface area contributed by atoms with Crippen LogP contribution in [-0.2, 0) is 9.53 Å². The minimum absolute atomic E-state index is 0.0157. The first-order valence-corrected chi connectivity index (χ1v) is 8.46. The van der Waals surface area contributed by atoms with Crippen molar-refractivity contribution in [2.24, 2.45) is 5.41 Å². The molecule has 1 aromatic carbocycles. The van der Waals surface area contributed by atoms with Crippen molar-refractivity contribution in [1.29, 1.82) is 0 Å². The van der Waals surface area contributed by atoms with Gasteiger partial charge in [0, 0.05) is 20.3 Å². The topological polar surface area (TPSA) is 76.7 Å². The number of carbonyl (C=O) groups is 2. The summed E-state index contributed by atoms with van der Waals surface area (Å²) in [5.74, 6) is 0.119. The number of anilines is 1. The van der Waals surface area contributed by atoms with E-state index in [-0.39, 0.29) is 23.8 Å². The highest BCUT2D eigenvalue weighted by molar-refractivity contribution is 6.06. The second kappa shape index (κ2) is 7.21. The number of fused-ring (bicyclic) bond motifs is 1. The largest absolute Gasteiger partial charge is 0.482 e. The van der Waals surface area contributed by atoms with Crippen molar-refractivity contribution in [3.8, 4) is 5.75 Å². The SMILES string of the molecule is COCCC1(CNC(=O)c2cccc3c2NC(=O)CO3)CCCC1. The van der Waals surface area contributed by atoms with Gasteiger partial charge in [-0.2, -0.15) is 0 Å². The summed E-state index contributed by atoms with van der Waals surface area (Å²) in [6, 6.07) is 5.23. The van der Waals surface area contributed by atoms with Crippen LogP contribution in [-0.4, -0.2) is 38.7 Å². The molecule has 24 heavy (non-hydrogen) atoms. The fourth-order valence-electron chi connectivity index (χ4n) is 3.61. The van der Waals surface area contributed by atoms with Crippen LogP contribution >= 0.6 is 0 Å². The standard InChI is InChI=1S/C18H24N2O4/c1-23-10-9-18(7-2-3-8-18)12-19-17(22)13-5-4-6-14-16(13)20-15(21)11-24-14/h4-6H,2-3,7-12H2,1H3,(H,19,22)(H,20,21). The van der Waals surface area contributed by atoms with Gasteiger partial charge < -0.3 is 20.1 Å². The number of hydrogen-bond acceptors (Lipinski definition) is 4. The number of rotatable bonds is 6. The van der Waals surface area contributed by atoms with Crippen molar-refractivity contribution < 1.29 is 19.1 Å². The normalized spacial score (nSPS) is 18.5.